The van der Waals surface area contributed by atoms with Gasteiger partial charge in [-0.1, -0.05) is 17.7 Å². The molecule has 4 heterocycles. The number of piperazine rings is 1. The molecule has 4 rings (SSSR count). The molecule has 8 nitrogen and oxygen atoms in total. The zero-order valence-corrected chi connectivity index (χ0v) is 20.4. The lowest BCUT2D eigenvalue weighted by molar-refractivity contribution is 0.156. The minimum atomic E-state index is -3.53. The predicted molar refractivity (Wildman–Crippen MR) is 130 cm³/mol. The molecular weight excluding hydrogens is 470 g/mol. The lowest BCUT2D eigenvalue weighted by Gasteiger charge is -2.38. The highest BCUT2D eigenvalue weighted by molar-refractivity contribution is 7.98. The van der Waals surface area contributed by atoms with Crippen molar-refractivity contribution in [1.29, 1.82) is 0 Å². The Labute approximate surface area is 197 Å². The molecule has 11 heteroatoms. The van der Waals surface area contributed by atoms with Gasteiger partial charge in [0.05, 0.1) is 9.24 Å². The highest BCUT2D eigenvalue weighted by atomic mass is 35.5. The summed E-state index contributed by atoms with van der Waals surface area (Å²) in [6.07, 6.45) is 3.78. The minimum absolute atomic E-state index is 0.189. The fraction of sp³-hybridized carbons (Fsp3) is 0.524. The Morgan fingerprint density at radius 2 is 1.88 bits per heavy atom. The molecule has 2 saturated heterocycles. The van der Waals surface area contributed by atoms with Crippen LogP contribution < -0.4 is 10.5 Å². The molecule has 2 aliphatic heterocycles. The summed E-state index contributed by atoms with van der Waals surface area (Å²) in [5.41, 5.74) is -0.189. The van der Waals surface area contributed by atoms with Crippen molar-refractivity contribution in [3.05, 3.63) is 49.9 Å². The van der Waals surface area contributed by atoms with Gasteiger partial charge in [-0.05, 0) is 43.9 Å². The number of nitrogens with one attached hydrogen (secondary N) is 1. The molecule has 0 bridgehead atoms. The summed E-state index contributed by atoms with van der Waals surface area (Å²) < 4.78 is 28.5. The number of nitrogens with zero attached hydrogens (tertiary/aromatic N) is 4. The predicted octanol–water partition coefficient (Wildman–Crippen LogP) is 2.71. The standard InChI is InChI=1S/C21H28ClN5O3S2/c1-2-18(17-3-4-19(22)31-17)32(29,30)27-13-11-25(12-14-27)15-16-7-9-26(10-8-16)20-5-6-21(28)24-23-20/h2-6,16H,7-15H2,1H3,(H,24,28)/b18-2-. The van der Waals surface area contributed by atoms with E-state index in [1.54, 1.807) is 35.5 Å². The van der Waals surface area contributed by atoms with Crippen LogP contribution in [0.2, 0.25) is 4.34 Å². The van der Waals surface area contributed by atoms with Crippen LogP contribution >= 0.6 is 22.9 Å². The molecule has 0 unspecified atom stereocenters. The van der Waals surface area contributed by atoms with E-state index in [4.69, 9.17) is 11.6 Å². The number of aromatic nitrogens is 2. The van der Waals surface area contributed by atoms with E-state index in [1.165, 1.54) is 17.4 Å². The molecular formula is C21H28ClN5O3S2. The summed E-state index contributed by atoms with van der Waals surface area (Å²) in [5, 5.41) is 6.62. The van der Waals surface area contributed by atoms with Gasteiger partial charge in [0.25, 0.3) is 5.56 Å². The van der Waals surface area contributed by atoms with Gasteiger partial charge in [-0.2, -0.15) is 9.40 Å². The van der Waals surface area contributed by atoms with Crippen LogP contribution in [0, 0.1) is 5.92 Å². The Morgan fingerprint density at radius 1 is 1.16 bits per heavy atom. The highest BCUT2D eigenvalue weighted by Gasteiger charge is 2.32. The number of piperidine rings is 1. The lowest BCUT2D eigenvalue weighted by atomic mass is 9.96. The number of hydrogen-bond donors (Lipinski definition) is 1. The van der Waals surface area contributed by atoms with E-state index < -0.39 is 10.0 Å². The average molecular weight is 498 g/mol. The minimum Gasteiger partial charge on any atom is -0.355 e. The quantitative estimate of drug-likeness (QED) is 0.660. The van der Waals surface area contributed by atoms with Gasteiger partial charge in [0.2, 0.25) is 10.0 Å². The zero-order chi connectivity index (χ0) is 22.7. The third-order valence-corrected chi connectivity index (χ3v) is 9.60. The molecule has 2 fully saturated rings. The van der Waals surface area contributed by atoms with Crippen molar-refractivity contribution in [2.24, 2.45) is 5.92 Å². The third-order valence-electron chi connectivity index (χ3n) is 6.15. The number of sulfonamides is 1. The molecule has 0 atom stereocenters. The van der Waals surface area contributed by atoms with Gasteiger partial charge in [-0.25, -0.2) is 13.5 Å². The normalized spacial score (nSPS) is 20.1. The van der Waals surface area contributed by atoms with Crippen LogP contribution in [0.4, 0.5) is 5.82 Å². The first-order valence-electron chi connectivity index (χ1n) is 10.8. The second kappa shape index (κ2) is 10.0. The van der Waals surface area contributed by atoms with Gasteiger partial charge in [0.1, 0.15) is 5.82 Å². The maximum atomic E-state index is 13.2. The van der Waals surface area contributed by atoms with Gasteiger partial charge in [0, 0.05) is 56.8 Å². The van der Waals surface area contributed by atoms with Crippen molar-refractivity contribution in [2.75, 3.05) is 50.7 Å². The summed E-state index contributed by atoms with van der Waals surface area (Å²) in [7, 11) is -3.53. The Kier molecular flexibility index (Phi) is 7.36. The van der Waals surface area contributed by atoms with Crippen molar-refractivity contribution >= 4 is 43.7 Å². The molecule has 32 heavy (non-hydrogen) atoms. The fourth-order valence-electron chi connectivity index (χ4n) is 4.38. The molecule has 0 radical (unpaired) electrons. The van der Waals surface area contributed by atoms with Crippen molar-refractivity contribution in [1.82, 2.24) is 19.4 Å². The van der Waals surface area contributed by atoms with E-state index >= 15 is 0 Å². The number of allylic oxidation sites excluding steroid dienone is 1. The van der Waals surface area contributed by atoms with Crippen LogP contribution in [0.1, 0.15) is 24.6 Å². The van der Waals surface area contributed by atoms with Crippen LogP contribution in [0.5, 0.6) is 0 Å². The summed E-state index contributed by atoms with van der Waals surface area (Å²) in [6.45, 7) is 7.03. The van der Waals surface area contributed by atoms with Gasteiger partial charge < -0.3 is 9.80 Å². The number of rotatable bonds is 6. The average Bonchev–Trinajstić information content (AvgIpc) is 3.21. The fourth-order valence-corrected chi connectivity index (χ4v) is 7.38. The first kappa shape index (κ1) is 23.4. The van der Waals surface area contributed by atoms with Crippen LogP contribution in [0.25, 0.3) is 4.91 Å². The summed E-state index contributed by atoms with van der Waals surface area (Å²) in [4.78, 5) is 16.8. The molecule has 2 aliphatic rings. The Morgan fingerprint density at radius 3 is 2.44 bits per heavy atom. The molecule has 2 aromatic rings. The molecule has 2 aromatic heterocycles. The number of hydrogen-bond acceptors (Lipinski definition) is 7. The van der Waals surface area contributed by atoms with E-state index in [0.717, 1.165) is 51.4 Å². The maximum absolute atomic E-state index is 13.2. The van der Waals surface area contributed by atoms with Crippen LogP contribution in [-0.4, -0.2) is 73.6 Å². The monoisotopic (exact) mass is 497 g/mol. The Hall–Kier alpha value is -1.72. The van der Waals surface area contributed by atoms with Crippen molar-refractivity contribution < 1.29 is 8.42 Å². The van der Waals surface area contributed by atoms with Crippen molar-refractivity contribution in [2.45, 2.75) is 19.8 Å². The van der Waals surface area contributed by atoms with Gasteiger partial charge in [0.15, 0.2) is 0 Å². The van der Waals surface area contributed by atoms with E-state index in [0.29, 0.717) is 33.1 Å². The van der Waals surface area contributed by atoms with Crippen LogP contribution in [-0.2, 0) is 10.0 Å². The van der Waals surface area contributed by atoms with E-state index in [-0.39, 0.29) is 5.56 Å². The highest BCUT2D eigenvalue weighted by Crippen LogP contribution is 2.33. The topological polar surface area (TPSA) is 89.6 Å². The van der Waals surface area contributed by atoms with Crippen LogP contribution in [0.3, 0.4) is 0 Å². The number of thiophene rings is 1. The lowest BCUT2D eigenvalue weighted by Crippen LogP contribution is -2.50. The second-order valence-electron chi connectivity index (χ2n) is 8.17. The van der Waals surface area contributed by atoms with Gasteiger partial charge >= 0.3 is 0 Å². The van der Waals surface area contributed by atoms with E-state index in [1.807, 2.05) is 0 Å². The Bertz CT molecular complexity index is 1090. The van der Waals surface area contributed by atoms with Gasteiger partial charge in [-0.3, -0.25) is 4.79 Å². The number of halogens is 1. The SMILES string of the molecule is C/C=C(/c1ccc(Cl)s1)S(=O)(=O)N1CCN(CC2CCN(c3ccc(=O)[nH]n3)CC2)CC1. The first-order chi connectivity index (χ1) is 15.4. The van der Waals surface area contributed by atoms with Crippen molar-refractivity contribution in [3.8, 4) is 0 Å². The third kappa shape index (κ3) is 5.26. The maximum Gasteiger partial charge on any atom is 0.264 e. The first-order valence-corrected chi connectivity index (χ1v) is 13.5. The largest absolute Gasteiger partial charge is 0.355 e. The number of aromatic amines is 1. The van der Waals surface area contributed by atoms with Crippen molar-refractivity contribution in [3.63, 3.8) is 0 Å². The molecule has 0 amide bonds. The van der Waals surface area contributed by atoms with Gasteiger partial charge in [-0.15, -0.1) is 11.3 Å². The smallest absolute Gasteiger partial charge is 0.264 e. The van der Waals surface area contributed by atoms with Crippen LogP contribution in [0.15, 0.2) is 35.1 Å². The molecule has 0 aliphatic carbocycles. The Balaban J connectivity index is 1.28. The molecule has 0 saturated carbocycles. The molecule has 174 valence electrons. The number of anilines is 1. The second-order valence-corrected chi connectivity index (χ2v) is 11.8. The van der Waals surface area contributed by atoms with E-state index in [9.17, 15) is 13.2 Å². The summed E-state index contributed by atoms with van der Waals surface area (Å²) in [6, 6.07) is 6.78. The number of H-pyrrole nitrogens is 1. The molecule has 0 aromatic carbocycles. The summed E-state index contributed by atoms with van der Waals surface area (Å²) >= 11 is 7.30. The summed E-state index contributed by atoms with van der Waals surface area (Å²) in [5.74, 6) is 1.39. The molecule has 1 N–H and O–H groups in total. The van der Waals surface area contributed by atoms with E-state index in [2.05, 4.69) is 20.0 Å². The molecule has 0 spiro atoms. The zero-order valence-electron chi connectivity index (χ0n) is 18.0.